The first-order chi connectivity index (χ1) is 19.2. The fraction of sp³-hybridized carbons (Fsp3) is 0.286. The van der Waals surface area contributed by atoms with Gasteiger partial charge in [-0.15, -0.1) is 0 Å². The molecule has 1 fully saturated rings. The van der Waals surface area contributed by atoms with Gasteiger partial charge in [0.15, 0.2) is 0 Å². The number of aromatic nitrogens is 5. The molecular formula is C28H26F2N6O4. The molecule has 40 heavy (non-hydrogen) atoms. The predicted molar refractivity (Wildman–Crippen MR) is 143 cm³/mol. The van der Waals surface area contributed by atoms with Crippen LogP contribution in [0.4, 0.5) is 8.78 Å². The molecule has 0 bridgehead atoms. The van der Waals surface area contributed by atoms with E-state index >= 15 is 8.78 Å². The van der Waals surface area contributed by atoms with Crippen molar-refractivity contribution in [2.75, 3.05) is 13.2 Å². The van der Waals surface area contributed by atoms with Gasteiger partial charge in [-0.2, -0.15) is 5.10 Å². The lowest BCUT2D eigenvalue weighted by Crippen LogP contribution is -2.48. The van der Waals surface area contributed by atoms with Crippen molar-refractivity contribution >= 4 is 27.8 Å². The summed E-state index contributed by atoms with van der Waals surface area (Å²) < 4.78 is 40.3. The third kappa shape index (κ3) is 4.44. The maximum absolute atomic E-state index is 15.5. The maximum Gasteiger partial charge on any atom is 0.277 e. The van der Waals surface area contributed by atoms with E-state index in [1.165, 1.54) is 29.2 Å². The number of halogens is 2. The summed E-state index contributed by atoms with van der Waals surface area (Å²) in [6.45, 7) is 0.0206. The fourth-order valence-corrected chi connectivity index (χ4v) is 5.21. The molecule has 2 N–H and O–H groups in total. The van der Waals surface area contributed by atoms with E-state index in [0.717, 1.165) is 9.95 Å². The molecule has 1 aliphatic heterocycles. The highest BCUT2D eigenvalue weighted by Gasteiger charge is 2.28. The molecule has 10 nitrogen and oxygen atoms in total. The van der Waals surface area contributed by atoms with Gasteiger partial charge >= 0.3 is 0 Å². The van der Waals surface area contributed by atoms with Crippen LogP contribution in [0.2, 0.25) is 0 Å². The van der Waals surface area contributed by atoms with E-state index in [4.69, 9.17) is 4.74 Å². The van der Waals surface area contributed by atoms with Gasteiger partial charge in [0.05, 0.1) is 42.7 Å². The normalized spacial score (nSPS) is 17.5. The molecule has 1 amide bonds. The van der Waals surface area contributed by atoms with Gasteiger partial charge in [0.25, 0.3) is 11.5 Å². The number of imidazole rings is 1. The SMILES string of the molecule is Cn1cc2c(-c3cc(F)c(Cn4cc(C(=O)N[C@H]5CCOC[C@@H]5O)c5ncn(C)c5c4=O)c(F)c3)cccc2n1. The summed E-state index contributed by atoms with van der Waals surface area (Å²) in [7, 11) is 3.37. The third-order valence-corrected chi connectivity index (χ3v) is 7.27. The molecule has 0 unspecified atom stereocenters. The van der Waals surface area contributed by atoms with E-state index < -0.39 is 41.8 Å². The molecule has 4 heterocycles. The zero-order chi connectivity index (χ0) is 28.1. The Labute approximate surface area is 226 Å². The van der Waals surface area contributed by atoms with Crippen LogP contribution < -0.4 is 10.9 Å². The van der Waals surface area contributed by atoms with Crippen LogP contribution in [0.5, 0.6) is 0 Å². The number of carbonyl (C=O) groups is 1. The standard InChI is InChI=1S/C28H26F2N6O4/c1-34-14-31-25-19(27(38)32-23-6-7-40-13-24(23)37)12-36(28(39)26(25)34)11-18-20(29)8-15(9-21(18)30)16-4-3-5-22-17(16)10-35(2)33-22/h3-5,8-10,12,14,23-24,37H,6-7,11,13H2,1-2H3,(H,32,38)/t23-,24-/m0/s1. The van der Waals surface area contributed by atoms with Crippen LogP contribution in [-0.2, 0) is 25.4 Å². The van der Waals surface area contributed by atoms with Gasteiger partial charge in [0, 0.05) is 44.0 Å². The van der Waals surface area contributed by atoms with Crippen molar-refractivity contribution < 1.29 is 23.4 Å². The van der Waals surface area contributed by atoms with Crippen molar-refractivity contribution in [2.45, 2.75) is 25.1 Å². The molecule has 0 aliphatic carbocycles. The summed E-state index contributed by atoms with van der Waals surface area (Å²) in [5.74, 6) is -2.22. The number of rotatable bonds is 5. The monoisotopic (exact) mass is 548 g/mol. The van der Waals surface area contributed by atoms with E-state index in [0.29, 0.717) is 29.7 Å². The van der Waals surface area contributed by atoms with Crippen molar-refractivity contribution in [1.29, 1.82) is 0 Å². The maximum atomic E-state index is 15.5. The lowest BCUT2D eigenvalue weighted by molar-refractivity contribution is -0.0260. The van der Waals surface area contributed by atoms with E-state index in [9.17, 15) is 14.7 Å². The minimum absolute atomic E-state index is 0.0505. The molecule has 1 saturated heterocycles. The molecular weight excluding hydrogens is 522 g/mol. The van der Waals surface area contributed by atoms with E-state index in [1.54, 1.807) is 37.1 Å². The Bertz CT molecular complexity index is 1820. The van der Waals surface area contributed by atoms with Crippen molar-refractivity contribution in [2.24, 2.45) is 14.1 Å². The van der Waals surface area contributed by atoms with Crippen LogP contribution in [0.3, 0.4) is 0 Å². The second kappa shape index (κ2) is 9.96. The number of ether oxygens (including phenoxy) is 1. The summed E-state index contributed by atoms with van der Waals surface area (Å²) in [4.78, 5) is 30.8. The average molecular weight is 549 g/mol. The zero-order valence-electron chi connectivity index (χ0n) is 21.8. The van der Waals surface area contributed by atoms with Crippen LogP contribution in [0.25, 0.3) is 33.1 Å². The van der Waals surface area contributed by atoms with Crippen molar-refractivity contribution in [1.82, 2.24) is 29.2 Å². The van der Waals surface area contributed by atoms with Gasteiger partial charge in [-0.05, 0) is 35.7 Å². The molecule has 12 heteroatoms. The minimum atomic E-state index is -0.887. The second-order valence-electron chi connectivity index (χ2n) is 10.00. The summed E-state index contributed by atoms with van der Waals surface area (Å²) in [5.41, 5.74) is 1.09. The number of hydrogen-bond donors (Lipinski definition) is 2. The summed E-state index contributed by atoms with van der Waals surface area (Å²) >= 11 is 0. The second-order valence-corrected chi connectivity index (χ2v) is 10.00. The highest BCUT2D eigenvalue weighted by molar-refractivity contribution is 6.04. The number of aryl methyl sites for hydroxylation is 2. The largest absolute Gasteiger partial charge is 0.389 e. The van der Waals surface area contributed by atoms with E-state index in [2.05, 4.69) is 15.4 Å². The first-order valence-corrected chi connectivity index (χ1v) is 12.7. The number of aliphatic hydroxyl groups excluding tert-OH is 1. The number of benzene rings is 2. The Morgan fingerprint density at radius 3 is 2.73 bits per heavy atom. The average Bonchev–Trinajstić information content (AvgIpc) is 3.50. The quantitative estimate of drug-likeness (QED) is 0.349. The van der Waals surface area contributed by atoms with Crippen LogP contribution in [-0.4, -0.2) is 60.3 Å². The van der Waals surface area contributed by atoms with Crippen LogP contribution >= 0.6 is 0 Å². The molecule has 0 saturated carbocycles. The van der Waals surface area contributed by atoms with Gasteiger partial charge in [-0.25, -0.2) is 13.8 Å². The number of nitrogens with zero attached hydrogens (tertiary/aromatic N) is 5. The van der Waals surface area contributed by atoms with Crippen molar-refractivity contribution in [3.05, 3.63) is 82.2 Å². The van der Waals surface area contributed by atoms with Gasteiger partial charge in [0.1, 0.15) is 22.7 Å². The fourth-order valence-electron chi connectivity index (χ4n) is 5.21. The topological polar surface area (TPSA) is 116 Å². The van der Waals surface area contributed by atoms with Crippen LogP contribution in [0.15, 0.2) is 53.8 Å². The summed E-state index contributed by atoms with van der Waals surface area (Å²) in [5, 5.41) is 18.1. The third-order valence-electron chi connectivity index (χ3n) is 7.27. The summed E-state index contributed by atoms with van der Waals surface area (Å²) in [6.07, 6.45) is 3.95. The number of fused-ring (bicyclic) bond motifs is 2. The molecule has 5 aromatic rings. The molecule has 2 aromatic carbocycles. The number of nitrogens with one attached hydrogen (secondary N) is 1. The first-order valence-electron chi connectivity index (χ1n) is 12.7. The van der Waals surface area contributed by atoms with Crippen LogP contribution in [0, 0.1) is 11.6 Å². The molecule has 0 radical (unpaired) electrons. The van der Waals surface area contributed by atoms with Gasteiger partial charge in [-0.3, -0.25) is 14.3 Å². The number of amides is 1. The molecule has 1 aliphatic rings. The predicted octanol–water partition coefficient (Wildman–Crippen LogP) is 2.49. The minimum Gasteiger partial charge on any atom is -0.389 e. The summed E-state index contributed by atoms with van der Waals surface area (Å²) in [6, 6.07) is 7.26. The molecule has 3 aromatic heterocycles. The number of aliphatic hydroxyl groups is 1. The highest BCUT2D eigenvalue weighted by atomic mass is 19.1. The molecule has 206 valence electrons. The smallest absolute Gasteiger partial charge is 0.277 e. The van der Waals surface area contributed by atoms with Crippen LogP contribution in [0.1, 0.15) is 22.3 Å². The molecule has 0 spiro atoms. The molecule has 6 rings (SSSR count). The Balaban J connectivity index is 1.39. The Kier molecular flexibility index (Phi) is 6.43. The van der Waals surface area contributed by atoms with Gasteiger partial charge in [0.2, 0.25) is 0 Å². The number of carbonyl (C=O) groups excluding carboxylic acids is 1. The molecule has 2 atom stereocenters. The Morgan fingerprint density at radius 2 is 1.98 bits per heavy atom. The van der Waals surface area contributed by atoms with Crippen molar-refractivity contribution in [3.8, 4) is 11.1 Å². The Hall–Kier alpha value is -4.42. The number of pyridine rings is 1. The first kappa shape index (κ1) is 25.8. The van der Waals surface area contributed by atoms with E-state index in [1.807, 2.05) is 6.07 Å². The Morgan fingerprint density at radius 1 is 1.20 bits per heavy atom. The highest BCUT2D eigenvalue weighted by Crippen LogP contribution is 2.31. The van der Waals surface area contributed by atoms with Gasteiger partial charge in [-0.1, -0.05) is 12.1 Å². The zero-order valence-corrected chi connectivity index (χ0v) is 21.8. The number of hydrogen-bond acceptors (Lipinski definition) is 6. The lowest BCUT2D eigenvalue weighted by Gasteiger charge is -2.28. The lowest BCUT2D eigenvalue weighted by atomic mass is 9.99. The van der Waals surface area contributed by atoms with E-state index in [-0.39, 0.29) is 28.8 Å². The van der Waals surface area contributed by atoms with Gasteiger partial charge < -0.3 is 24.3 Å². The van der Waals surface area contributed by atoms with Crippen molar-refractivity contribution in [3.63, 3.8) is 0 Å².